The Balaban J connectivity index is 1.76. The lowest BCUT2D eigenvalue weighted by molar-refractivity contribution is -0.117. The van der Waals surface area contributed by atoms with Gasteiger partial charge in [0, 0.05) is 24.8 Å². The molecule has 1 amide bonds. The van der Waals surface area contributed by atoms with E-state index in [-0.39, 0.29) is 11.9 Å². The van der Waals surface area contributed by atoms with E-state index in [4.69, 9.17) is 0 Å². The van der Waals surface area contributed by atoms with E-state index < -0.39 is 10.0 Å². The van der Waals surface area contributed by atoms with Crippen LogP contribution in [0.5, 0.6) is 0 Å². The van der Waals surface area contributed by atoms with Crippen LogP contribution in [-0.4, -0.2) is 51.2 Å². The lowest BCUT2D eigenvalue weighted by Crippen LogP contribution is -2.46. The molecule has 0 unspecified atom stereocenters. The van der Waals surface area contributed by atoms with Crippen molar-refractivity contribution in [1.29, 1.82) is 0 Å². The summed E-state index contributed by atoms with van der Waals surface area (Å²) in [6.45, 7) is 3.77. The molecule has 0 spiro atoms. The average molecular weight is 325 g/mol. The van der Waals surface area contributed by atoms with Crippen LogP contribution in [0.15, 0.2) is 24.3 Å². The third-order valence-corrected chi connectivity index (χ3v) is 4.43. The van der Waals surface area contributed by atoms with Crippen molar-refractivity contribution in [2.45, 2.75) is 25.8 Å². The fourth-order valence-corrected chi connectivity index (χ4v) is 3.39. The number of benzene rings is 1. The third-order valence-electron chi connectivity index (χ3n) is 3.67. The molecule has 0 aliphatic carbocycles. The number of hydrogen-bond acceptors (Lipinski definition) is 4. The van der Waals surface area contributed by atoms with Gasteiger partial charge in [-0.25, -0.2) is 13.1 Å². The highest BCUT2D eigenvalue weighted by atomic mass is 32.2. The van der Waals surface area contributed by atoms with Gasteiger partial charge in [0.25, 0.3) is 0 Å². The molecule has 22 heavy (non-hydrogen) atoms. The number of likely N-dealkylation sites (tertiary alicyclic amines) is 1. The van der Waals surface area contributed by atoms with Gasteiger partial charge in [-0.05, 0) is 31.9 Å². The maximum absolute atomic E-state index is 12.0. The number of anilines is 1. The molecule has 6 nitrogen and oxygen atoms in total. The lowest BCUT2D eigenvalue weighted by Gasteiger charge is -2.31. The number of piperidine rings is 1. The van der Waals surface area contributed by atoms with Gasteiger partial charge in [-0.1, -0.05) is 17.7 Å². The summed E-state index contributed by atoms with van der Waals surface area (Å²) in [5, 5.41) is 2.87. The first-order chi connectivity index (χ1) is 10.3. The largest absolute Gasteiger partial charge is 0.325 e. The Bertz CT molecular complexity index is 605. The predicted molar refractivity (Wildman–Crippen MR) is 87.3 cm³/mol. The molecule has 1 aromatic rings. The van der Waals surface area contributed by atoms with Crippen molar-refractivity contribution in [3.63, 3.8) is 0 Å². The number of hydrogen-bond donors (Lipinski definition) is 2. The summed E-state index contributed by atoms with van der Waals surface area (Å²) >= 11 is 0. The molecule has 1 heterocycles. The zero-order valence-corrected chi connectivity index (χ0v) is 13.8. The second-order valence-corrected chi connectivity index (χ2v) is 7.63. The van der Waals surface area contributed by atoms with Gasteiger partial charge in [0.15, 0.2) is 0 Å². The van der Waals surface area contributed by atoms with E-state index in [9.17, 15) is 13.2 Å². The number of carbonyl (C=O) groups excluding carboxylic acids is 1. The van der Waals surface area contributed by atoms with Gasteiger partial charge in [0.05, 0.1) is 12.8 Å². The number of nitrogens with zero attached hydrogens (tertiary/aromatic N) is 1. The minimum absolute atomic E-state index is 0.0218. The Morgan fingerprint density at radius 3 is 2.36 bits per heavy atom. The molecular weight excluding hydrogens is 302 g/mol. The van der Waals surface area contributed by atoms with Gasteiger partial charge in [-0.15, -0.1) is 0 Å². The standard InChI is InChI=1S/C15H23N3O3S/c1-12-3-5-13(6-4-12)16-15(19)11-18-9-7-14(8-10-18)17-22(2,20)21/h3-6,14,17H,7-11H2,1-2H3,(H,16,19). The van der Waals surface area contributed by atoms with Crippen molar-refractivity contribution < 1.29 is 13.2 Å². The molecule has 1 fully saturated rings. The Kier molecular flexibility index (Phi) is 5.55. The third kappa shape index (κ3) is 5.75. The fourth-order valence-electron chi connectivity index (χ4n) is 2.55. The van der Waals surface area contributed by atoms with E-state index in [0.29, 0.717) is 19.6 Å². The van der Waals surface area contributed by atoms with Crippen molar-refractivity contribution in [2.75, 3.05) is 31.2 Å². The van der Waals surface area contributed by atoms with Crippen LogP contribution < -0.4 is 10.0 Å². The summed E-state index contributed by atoms with van der Waals surface area (Å²) in [5.74, 6) is -0.0432. The molecular formula is C15H23N3O3S. The molecule has 1 saturated heterocycles. The molecule has 1 aromatic carbocycles. The van der Waals surface area contributed by atoms with Crippen molar-refractivity contribution in [3.8, 4) is 0 Å². The number of sulfonamides is 1. The molecule has 122 valence electrons. The molecule has 0 bridgehead atoms. The van der Waals surface area contributed by atoms with Crippen LogP contribution in [0.2, 0.25) is 0 Å². The first-order valence-corrected chi connectivity index (χ1v) is 9.27. The Labute approximate surface area is 131 Å². The normalized spacial score (nSPS) is 17.4. The molecule has 0 atom stereocenters. The van der Waals surface area contributed by atoms with E-state index in [1.165, 1.54) is 6.26 Å². The number of amides is 1. The van der Waals surface area contributed by atoms with Gasteiger partial charge in [-0.3, -0.25) is 9.69 Å². The minimum atomic E-state index is -3.16. The molecule has 0 radical (unpaired) electrons. The van der Waals surface area contributed by atoms with Crippen LogP contribution in [0.4, 0.5) is 5.69 Å². The molecule has 0 saturated carbocycles. The van der Waals surface area contributed by atoms with Crippen LogP contribution in [0.3, 0.4) is 0 Å². The Morgan fingerprint density at radius 1 is 1.23 bits per heavy atom. The first kappa shape index (κ1) is 16.9. The van der Waals surface area contributed by atoms with Crippen molar-refractivity contribution in [3.05, 3.63) is 29.8 Å². The van der Waals surface area contributed by atoms with E-state index in [0.717, 1.165) is 24.1 Å². The van der Waals surface area contributed by atoms with Gasteiger partial charge < -0.3 is 5.32 Å². The van der Waals surface area contributed by atoms with Crippen LogP contribution in [0.1, 0.15) is 18.4 Å². The Morgan fingerprint density at radius 2 is 1.82 bits per heavy atom. The number of nitrogens with one attached hydrogen (secondary N) is 2. The van der Waals surface area contributed by atoms with Crippen LogP contribution >= 0.6 is 0 Å². The zero-order chi connectivity index (χ0) is 16.2. The molecule has 1 aliphatic heterocycles. The quantitative estimate of drug-likeness (QED) is 0.845. The van der Waals surface area contributed by atoms with E-state index in [1.807, 2.05) is 36.1 Å². The van der Waals surface area contributed by atoms with E-state index in [2.05, 4.69) is 10.0 Å². The topological polar surface area (TPSA) is 78.5 Å². The summed E-state index contributed by atoms with van der Waals surface area (Å²) in [6.07, 6.45) is 2.63. The SMILES string of the molecule is Cc1ccc(NC(=O)CN2CCC(NS(C)(=O)=O)CC2)cc1. The minimum Gasteiger partial charge on any atom is -0.325 e. The highest BCUT2D eigenvalue weighted by molar-refractivity contribution is 7.88. The smallest absolute Gasteiger partial charge is 0.238 e. The summed E-state index contributed by atoms with van der Waals surface area (Å²) in [5.41, 5.74) is 1.95. The summed E-state index contributed by atoms with van der Waals surface area (Å²) in [4.78, 5) is 14.1. The maximum atomic E-state index is 12.0. The number of rotatable bonds is 5. The summed E-state index contributed by atoms with van der Waals surface area (Å²) < 4.78 is 25.0. The lowest BCUT2D eigenvalue weighted by atomic mass is 10.1. The highest BCUT2D eigenvalue weighted by Crippen LogP contribution is 2.12. The maximum Gasteiger partial charge on any atom is 0.238 e. The first-order valence-electron chi connectivity index (χ1n) is 7.38. The second kappa shape index (κ2) is 7.21. The number of carbonyl (C=O) groups is 1. The van der Waals surface area contributed by atoms with Gasteiger partial charge >= 0.3 is 0 Å². The monoisotopic (exact) mass is 325 g/mol. The Hall–Kier alpha value is -1.44. The second-order valence-electron chi connectivity index (χ2n) is 5.85. The van der Waals surface area contributed by atoms with Crippen LogP contribution in [0.25, 0.3) is 0 Å². The van der Waals surface area contributed by atoms with Crippen LogP contribution in [0, 0.1) is 6.92 Å². The molecule has 7 heteroatoms. The van der Waals surface area contributed by atoms with Gasteiger partial charge in [0.2, 0.25) is 15.9 Å². The predicted octanol–water partition coefficient (Wildman–Crippen LogP) is 0.947. The highest BCUT2D eigenvalue weighted by Gasteiger charge is 2.22. The van der Waals surface area contributed by atoms with Crippen molar-refractivity contribution in [2.24, 2.45) is 0 Å². The van der Waals surface area contributed by atoms with Crippen molar-refractivity contribution >= 4 is 21.6 Å². The summed E-state index contributed by atoms with van der Waals surface area (Å²) in [7, 11) is -3.16. The van der Waals surface area contributed by atoms with E-state index >= 15 is 0 Å². The van der Waals surface area contributed by atoms with Crippen molar-refractivity contribution in [1.82, 2.24) is 9.62 Å². The average Bonchev–Trinajstić information content (AvgIpc) is 2.42. The molecule has 2 N–H and O–H groups in total. The van der Waals surface area contributed by atoms with E-state index in [1.54, 1.807) is 0 Å². The molecule has 2 rings (SSSR count). The van der Waals surface area contributed by atoms with Gasteiger partial charge in [0.1, 0.15) is 0 Å². The summed E-state index contributed by atoms with van der Waals surface area (Å²) in [6, 6.07) is 7.66. The van der Waals surface area contributed by atoms with Gasteiger partial charge in [-0.2, -0.15) is 0 Å². The van der Waals surface area contributed by atoms with Crippen LogP contribution in [-0.2, 0) is 14.8 Å². The number of aryl methyl sites for hydroxylation is 1. The zero-order valence-electron chi connectivity index (χ0n) is 13.0. The molecule has 0 aromatic heterocycles. The fraction of sp³-hybridized carbons (Fsp3) is 0.533. The molecule has 1 aliphatic rings.